The number of aromatic nitrogens is 3. The Morgan fingerprint density at radius 3 is 2.60 bits per heavy atom. The van der Waals surface area contributed by atoms with Crippen LogP contribution in [-0.2, 0) is 11.8 Å². The molecule has 25 heavy (non-hydrogen) atoms. The third-order valence-electron chi connectivity index (χ3n) is 4.15. The lowest BCUT2D eigenvalue weighted by Crippen LogP contribution is -2.45. The van der Waals surface area contributed by atoms with Gasteiger partial charge in [-0.15, -0.1) is 0 Å². The largest absolute Gasteiger partial charge is 0.350 e. The predicted molar refractivity (Wildman–Crippen MR) is 95.4 cm³/mol. The van der Waals surface area contributed by atoms with E-state index >= 15 is 0 Å². The van der Waals surface area contributed by atoms with Gasteiger partial charge in [0.05, 0.1) is 23.2 Å². The number of carbonyl (C=O) groups is 2. The lowest BCUT2D eigenvalue weighted by atomic mass is 10.1. The SMILES string of the molecule is Cc1nn(C)c2nc(C3CC3)cc(C(=O)NCC(=O)NC(C)(C)C)c12. The Morgan fingerprint density at radius 1 is 1.32 bits per heavy atom. The van der Waals surface area contributed by atoms with Gasteiger partial charge in [0, 0.05) is 24.2 Å². The summed E-state index contributed by atoms with van der Waals surface area (Å²) in [5, 5.41) is 10.7. The summed E-state index contributed by atoms with van der Waals surface area (Å²) in [5.74, 6) is -0.0544. The average Bonchev–Trinajstić information content (AvgIpc) is 3.30. The van der Waals surface area contributed by atoms with E-state index in [2.05, 4.69) is 20.7 Å². The smallest absolute Gasteiger partial charge is 0.252 e. The molecule has 1 saturated carbocycles. The maximum absolute atomic E-state index is 12.7. The van der Waals surface area contributed by atoms with E-state index in [1.165, 1.54) is 0 Å². The van der Waals surface area contributed by atoms with Crippen LogP contribution in [0.15, 0.2) is 6.07 Å². The van der Waals surface area contributed by atoms with Crippen molar-refractivity contribution in [3.05, 3.63) is 23.0 Å². The number of hydrogen-bond donors (Lipinski definition) is 2. The number of hydrogen-bond acceptors (Lipinski definition) is 4. The minimum atomic E-state index is -0.329. The van der Waals surface area contributed by atoms with Gasteiger partial charge in [0.25, 0.3) is 5.91 Å². The first-order valence-corrected chi connectivity index (χ1v) is 8.59. The normalized spacial score (nSPS) is 14.6. The fourth-order valence-electron chi connectivity index (χ4n) is 2.95. The average molecular weight is 343 g/mol. The zero-order valence-electron chi connectivity index (χ0n) is 15.4. The van der Waals surface area contributed by atoms with Crippen LogP contribution in [0.1, 0.15) is 61.3 Å². The number of pyridine rings is 1. The maximum atomic E-state index is 12.7. The summed E-state index contributed by atoms with van der Waals surface area (Å²) >= 11 is 0. The first-order chi connectivity index (χ1) is 11.7. The Morgan fingerprint density at radius 2 is 2.00 bits per heavy atom. The Balaban J connectivity index is 1.86. The molecule has 2 amide bonds. The molecule has 7 heteroatoms. The summed E-state index contributed by atoms with van der Waals surface area (Å²) in [6.45, 7) is 7.52. The van der Waals surface area contributed by atoms with E-state index in [-0.39, 0.29) is 23.9 Å². The fourth-order valence-corrected chi connectivity index (χ4v) is 2.95. The molecule has 2 aromatic rings. The van der Waals surface area contributed by atoms with Gasteiger partial charge in [-0.2, -0.15) is 5.10 Å². The molecule has 0 saturated heterocycles. The van der Waals surface area contributed by atoms with Crippen LogP contribution in [0.2, 0.25) is 0 Å². The summed E-state index contributed by atoms with van der Waals surface area (Å²) in [6.07, 6.45) is 2.20. The Labute approximate surface area is 147 Å². The zero-order chi connectivity index (χ0) is 18.4. The van der Waals surface area contributed by atoms with Gasteiger partial charge in [0.1, 0.15) is 0 Å². The molecule has 1 fully saturated rings. The number of nitrogens with zero attached hydrogens (tertiary/aromatic N) is 3. The molecule has 1 aliphatic rings. The Hall–Kier alpha value is -2.44. The van der Waals surface area contributed by atoms with Crippen molar-refractivity contribution in [2.24, 2.45) is 7.05 Å². The van der Waals surface area contributed by atoms with Crippen LogP contribution in [0.4, 0.5) is 0 Å². The van der Waals surface area contributed by atoms with Crippen molar-refractivity contribution < 1.29 is 9.59 Å². The number of carbonyl (C=O) groups excluding carboxylic acids is 2. The van der Waals surface area contributed by atoms with Crippen LogP contribution in [-0.4, -0.2) is 38.7 Å². The van der Waals surface area contributed by atoms with Gasteiger partial charge >= 0.3 is 0 Å². The van der Waals surface area contributed by atoms with Crippen molar-refractivity contribution in [3.8, 4) is 0 Å². The van der Waals surface area contributed by atoms with Crippen LogP contribution < -0.4 is 10.6 Å². The molecule has 7 nitrogen and oxygen atoms in total. The minimum absolute atomic E-state index is 0.0575. The standard InChI is InChI=1S/C18H25N5O2/c1-10-15-12(17(25)19-9-14(24)21-18(2,3)4)8-13(11-6-7-11)20-16(15)23(5)22-10/h8,11H,6-7,9H2,1-5H3,(H,19,25)(H,21,24). The monoisotopic (exact) mass is 343 g/mol. The Bertz CT molecular complexity index is 843. The van der Waals surface area contributed by atoms with Gasteiger partial charge in [-0.3, -0.25) is 14.3 Å². The second-order valence-electron chi connectivity index (χ2n) is 7.76. The van der Waals surface area contributed by atoms with Crippen LogP contribution in [0, 0.1) is 6.92 Å². The zero-order valence-corrected chi connectivity index (χ0v) is 15.4. The Kier molecular flexibility index (Phi) is 4.26. The van der Waals surface area contributed by atoms with Gasteiger partial charge in [-0.05, 0) is 46.6 Å². The van der Waals surface area contributed by atoms with Crippen molar-refractivity contribution >= 4 is 22.8 Å². The van der Waals surface area contributed by atoms with Gasteiger partial charge in [-0.25, -0.2) is 4.98 Å². The van der Waals surface area contributed by atoms with E-state index < -0.39 is 0 Å². The summed E-state index contributed by atoms with van der Waals surface area (Å²) in [4.78, 5) is 29.4. The van der Waals surface area contributed by atoms with Crippen LogP contribution in [0.3, 0.4) is 0 Å². The van der Waals surface area contributed by atoms with Crippen molar-refractivity contribution in [3.63, 3.8) is 0 Å². The number of rotatable bonds is 4. The molecule has 0 bridgehead atoms. The molecule has 0 radical (unpaired) electrons. The number of aryl methyl sites for hydroxylation is 2. The molecule has 1 aliphatic carbocycles. The van der Waals surface area contributed by atoms with Crippen LogP contribution in [0.5, 0.6) is 0 Å². The third kappa shape index (κ3) is 3.81. The maximum Gasteiger partial charge on any atom is 0.252 e. The molecule has 2 heterocycles. The summed E-state index contributed by atoms with van der Waals surface area (Å²) in [7, 11) is 1.83. The number of amides is 2. The second-order valence-corrected chi connectivity index (χ2v) is 7.76. The van der Waals surface area contributed by atoms with Crippen molar-refractivity contribution in [1.29, 1.82) is 0 Å². The molecule has 0 aliphatic heterocycles. The summed E-state index contributed by atoms with van der Waals surface area (Å²) in [5.41, 5.74) is 2.62. The molecule has 2 N–H and O–H groups in total. The molecule has 3 rings (SSSR count). The highest BCUT2D eigenvalue weighted by Crippen LogP contribution is 2.40. The van der Waals surface area contributed by atoms with Crippen LogP contribution >= 0.6 is 0 Å². The lowest BCUT2D eigenvalue weighted by molar-refractivity contribution is -0.121. The lowest BCUT2D eigenvalue weighted by Gasteiger charge is -2.20. The van der Waals surface area contributed by atoms with E-state index in [1.807, 2.05) is 40.8 Å². The minimum Gasteiger partial charge on any atom is -0.350 e. The van der Waals surface area contributed by atoms with Gasteiger partial charge in [0.2, 0.25) is 5.91 Å². The van der Waals surface area contributed by atoms with E-state index in [0.29, 0.717) is 17.1 Å². The van der Waals surface area contributed by atoms with Gasteiger partial charge in [-0.1, -0.05) is 0 Å². The molecular formula is C18H25N5O2. The highest BCUT2D eigenvalue weighted by atomic mass is 16.2. The molecule has 134 valence electrons. The van der Waals surface area contributed by atoms with Gasteiger partial charge < -0.3 is 10.6 Å². The third-order valence-corrected chi connectivity index (χ3v) is 4.15. The van der Waals surface area contributed by atoms with Crippen LogP contribution in [0.25, 0.3) is 11.0 Å². The van der Waals surface area contributed by atoms with E-state index in [9.17, 15) is 9.59 Å². The quantitative estimate of drug-likeness (QED) is 0.886. The van der Waals surface area contributed by atoms with Crippen molar-refractivity contribution in [2.45, 2.75) is 52.0 Å². The molecule has 0 spiro atoms. The first kappa shape index (κ1) is 17.4. The predicted octanol–water partition coefficient (Wildman–Crippen LogP) is 1.80. The second kappa shape index (κ2) is 6.13. The summed E-state index contributed by atoms with van der Waals surface area (Å²) in [6, 6.07) is 1.85. The van der Waals surface area contributed by atoms with Crippen molar-refractivity contribution in [2.75, 3.05) is 6.54 Å². The number of fused-ring (bicyclic) bond motifs is 1. The fraction of sp³-hybridized carbons (Fsp3) is 0.556. The molecular weight excluding hydrogens is 318 g/mol. The molecule has 2 aromatic heterocycles. The number of nitrogens with one attached hydrogen (secondary N) is 2. The van der Waals surface area contributed by atoms with E-state index in [0.717, 1.165) is 29.6 Å². The molecule has 0 unspecified atom stereocenters. The highest BCUT2D eigenvalue weighted by Gasteiger charge is 2.28. The van der Waals surface area contributed by atoms with E-state index in [4.69, 9.17) is 0 Å². The molecule has 0 atom stereocenters. The van der Waals surface area contributed by atoms with Crippen molar-refractivity contribution in [1.82, 2.24) is 25.4 Å². The summed E-state index contributed by atoms with van der Waals surface area (Å²) < 4.78 is 1.71. The molecule has 0 aromatic carbocycles. The van der Waals surface area contributed by atoms with E-state index in [1.54, 1.807) is 4.68 Å². The first-order valence-electron chi connectivity index (χ1n) is 8.59. The topological polar surface area (TPSA) is 88.9 Å². The highest BCUT2D eigenvalue weighted by molar-refractivity contribution is 6.07. The van der Waals surface area contributed by atoms with Gasteiger partial charge in [0.15, 0.2) is 5.65 Å².